The predicted molar refractivity (Wildman–Crippen MR) is 136 cm³/mol. The van der Waals surface area contributed by atoms with Crippen LogP contribution in [-0.4, -0.2) is 32.6 Å². The molecule has 1 N–H and O–H groups in total. The molecule has 198 valence electrons. The topological polar surface area (TPSA) is 107 Å². The number of anilines is 3. The van der Waals surface area contributed by atoms with E-state index in [4.69, 9.17) is 9.47 Å². The number of rotatable bonds is 5. The Morgan fingerprint density at radius 1 is 1.03 bits per heavy atom. The number of carbonyl (C=O) groups is 2. The molecule has 0 atom stereocenters. The molecule has 2 aromatic heterocycles. The van der Waals surface area contributed by atoms with Gasteiger partial charge in [-0.1, -0.05) is 23.5 Å². The first-order valence-electron chi connectivity index (χ1n) is 11.2. The van der Waals surface area contributed by atoms with E-state index >= 15 is 0 Å². The maximum Gasteiger partial charge on any atom is 0.420 e. The van der Waals surface area contributed by atoms with E-state index in [0.29, 0.717) is 16.4 Å². The van der Waals surface area contributed by atoms with Crippen molar-refractivity contribution >= 4 is 50.2 Å². The number of halogens is 3. The number of alkyl halides is 3. The van der Waals surface area contributed by atoms with Crippen molar-refractivity contribution in [3.8, 4) is 11.6 Å². The fourth-order valence-corrected chi connectivity index (χ4v) is 4.22. The van der Waals surface area contributed by atoms with Gasteiger partial charge in [-0.3, -0.25) is 4.79 Å². The fourth-order valence-electron chi connectivity index (χ4n) is 3.29. The number of para-hydroxylation sites is 1. The number of fused-ring (bicyclic) bond motifs is 1. The number of hydrogen-bond donors (Lipinski definition) is 1. The molecule has 0 aliphatic heterocycles. The van der Waals surface area contributed by atoms with Crippen LogP contribution in [-0.2, 0) is 15.7 Å². The minimum Gasteiger partial charge on any atom is -0.443 e. The monoisotopic (exact) mass is 545 g/mol. The molecule has 13 heteroatoms. The van der Waals surface area contributed by atoms with Crippen molar-refractivity contribution in [2.24, 2.45) is 0 Å². The summed E-state index contributed by atoms with van der Waals surface area (Å²) in [6.07, 6.45) is -4.46. The molecule has 38 heavy (non-hydrogen) atoms. The van der Waals surface area contributed by atoms with E-state index in [1.807, 2.05) is 0 Å². The number of ether oxygens (including phenoxy) is 2. The van der Waals surface area contributed by atoms with Gasteiger partial charge in [-0.2, -0.15) is 13.2 Å². The van der Waals surface area contributed by atoms with Crippen molar-refractivity contribution in [2.75, 3.05) is 10.2 Å². The predicted octanol–water partition coefficient (Wildman–Crippen LogP) is 6.93. The normalized spacial score (nSPS) is 11.8. The third kappa shape index (κ3) is 6.35. The molecule has 0 fully saturated rings. The highest BCUT2D eigenvalue weighted by molar-refractivity contribution is 7.22. The smallest absolute Gasteiger partial charge is 0.420 e. The number of aromatic nitrogens is 3. The third-order valence-corrected chi connectivity index (χ3v) is 5.68. The zero-order chi connectivity index (χ0) is 27.7. The molecular weight excluding hydrogens is 523 g/mol. The van der Waals surface area contributed by atoms with Crippen LogP contribution in [0.1, 0.15) is 33.3 Å². The largest absolute Gasteiger partial charge is 0.443 e. The molecule has 0 spiro atoms. The quantitative estimate of drug-likeness (QED) is 0.290. The summed E-state index contributed by atoms with van der Waals surface area (Å²) in [6.45, 7) is 6.26. The number of nitrogens with one attached hydrogen (secondary N) is 1. The zero-order valence-corrected chi connectivity index (χ0v) is 21.5. The van der Waals surface area contributed by atoms with Gasteiger partial charge in [0.15, 0.2) is 10.9 Å². The molecule has 0 bridgehead atoms. The van der Waals surface area contributed by atoms with Crippen molar-refractivity contribution in [1.29, 1.82) is 0 Å². The summed E-state index contributed by atoms with van der Waals surface area (Å²) in [4.78, 5) is 38.0. The van der Waals surface area contributed by atoms with E-state index in [1.165, 1.54) is 36.5 Å². The summed E-state index contributed by atoms with van der Waals surface area (Å²) >= 11 is 1.25. The Kier molecular flexibility index (Phi) is 7.22. The van der Waals surface area contributed by atoms with Gasteiger partial charge in [0, 0.05) is 13.0 Å². The van der Waals surface area contributed by atoms with Crippen molar-refractivity contribution < 1.29 is 32.2 Å². The fraction of sp³-hybridized carbons (Fsp3) is 0.240. The van der Waals surface area contributed by atoms with Crippen LogP contribution in [0.2, 0.25) is 0 Å². The van der Waals surface area contributed by atoms with Crippen molar-refractivity contribution in [2.45, 2.75) is 39.5 Å². The summed E-state index contributed by atoms with van der Waals surface area (Å²) in [5, 5.41) is 3.00. The number of carbonyl (C=O) groups excluding carboxylic acids is 2. The Hall–Kier alpha value is -4.26. The molecule has 0 saturated heterocycles. The van der Waals surface area contributed by atoms with Gasteiger partial charge in [-0.15, -0.1) is 0 Å². The third-order valence-electron chi connectivity index (χ3n) is 4.74. The molecule has 4 aromatic rings. The highest BCUT2D eigenvalue weighted by Crippen LogP contribution is 2.37. The summed E-state index contributed by atoms with van der Waals surface area (Å²) in [6, 6.07) is 10.7. The van der Waals surface area contributed by atoms with Gasteiger partial charge >= 0.3 is 12.3 Å². The summed E-state index contributed by atoms with van der Waals surface area (Å²) in [5.41, 5.74) is -1.53. The summed E-state index contributed by atoms with van der Waals surface area (Å²) in [5.74, 6) is -0.0447. The van der Waals surface area contributed by atoms with Crippen LogP contribution in [0.3, 0.4) is 0 Å². The van der Waals surface area contributed by atoms with Gasteiger partial charge in [0.1, 0.15) is 23.3 Å². The molecule has 0 aliphatic carbocycles. The van der Waals surface area contributed by atoms with E-state index in [9.17, 15) is 22.8 Å². The molecule has 0 saturated carbocycles. The van der Waals surface area contributed by atoms with Crippen molar-refractivity contribution in [3.63, 3.8) is 0 Å². The molecule has 2 amide bonds. The summed E-state index contributed by atoms with van der Waals surface area (Å²) < 4.78 is 52.3. The van der Waals surface area contributed by atoms with Crippen LogP contribution >= 0.6 is 11.3 Å². The Morgan fingerprint density at radius 3 is 2.45 bits per heavy atom. The average Bonchev–Trinajstić information content (AvgIpc) is 3.21. The van der Waals surface area contributed by atoms with Gasteiger partial charge in [0.25, 0.3) is 0 Å². The van der Waals surface area contributed by atoms with Gasteiger partial charge in [0.2, 0.25) is 11.8 Å². The van der Waals surface area contributed by atoms with Crippen molar-refractivity contribution in [3.05, 3.63) is 60.4 Å². The minimum atomic E-state index is -4.63. The first-order chi connectivity index (χ1) is 17.8. The van der Waals surface area contributed by atoms with Crippen LogP contribution in [0.5, 0.6) is 11.6 Å². The Bertz CT molecular complexity index is 1500. The van der Waals surface area contributed by atoms with Gasteiger partial charge in [-0.05, 0) is 51.1 Å². The highest BCUT2D eigenvalue weighted by Gasteiger charge is 2.33. The second-order valence-electron chi connectivity index (χ2n) is 8.98. The van der Waals surface area contributed by atoms with Crippen molar-refractivity contribution in [1.82, 2.24) is 15.0 Å². The SMILES string of the molecule is CC(=O)Nc1nc2c(Oc3cc(N(C(=O)OC(C)(C)C)c4cccc(C(F)(F)F)c4)ncn3)cccc2s1. The van der Waals surface area contributed by atoms with E-state index in [1.54, 1.807) is 39.0 Å². The number of nitrogens with zero attached hydrogens (tertiary/aromatic N) is 4. The van der Waals surface area contributed by atoms with Crippen LogP contribution in [0, 0.1) is 0 Å². The molecular formula is C25H22F3N5O4S. The van der Waals surface area contributed by atoms with Crippen LogP contribution in [0.15, 0.2) is 54.9 Å². The molecule has 0 unspecified atom stereocenters. The van der Waals surface area contributed by atoms with E-state index in [-0.39, 0.29) is 23.3 Å². The van der Waals surface area contributed by atoms with Crippen LogP contribution < -0.4 is 15.0 Å². The average molecular weight is 546 g/mol. The lowest BCUT2D eigenvalue weighted by Gasteiger charge is -2.27. The zero-order valence-electron chi connectivity index (χ0n) is 20.7. The molecule has 2 heterocycles. The second kappa shape index (κ2) is 10.2. The first-order valence-corrected chi connectivity index (χ1v) is 12.0. The minimum absolute atomic E-state index is 0.00267. The lowest BCUT2D eigenvalue weighted by Crippen LogP contribution is -2.34. The van der Waals surface area contributed by atoms with Crippen LogP contribution in [0.4, 0.5) is 34.6 Å². The van der Waals surface area contributed by atoms with Crippen LogP contribution in [0.25, 0.3) is 10.2 Å². The summed E-state index contributed by atoms with van der Waals surface area (Å²) in [7, 11) is 0. The van der Waals surface area contributed by atoms with E-state index in [0.717, 1.165) is 28.1 Å². The van der Waals surface area contributed by atoms with Gasteiger partial charge < -0.3 is 14.8 Å². The molecule has 9 nitrogen and oxygen atoms in total. The number of thiazole rings is 1. The number of amides is 2. The number of hydrogen-bond acceptors (Lipinski definition) is 8. The van der Waals surface area contributed by atoms with Gasteiger partial charge in [0.05, 0.1) is 16.0 Å². The highest BCUT2D eigenvalue weighted by atomic mass is 32.1. The van der Waals surface area contributed by atoms with Gasteiger partial charge in [-0.25, -0.2) is 24.6 Å². The lowest BCUT2D eigenvalue weighted by molar-refractivity contribution is -0.137. The van der Waals surface area contributed by atoms with E-state index in [2.05, 4.69) is 20.3 Å². The second-order valence-corrected chi connectivity index (χ2v) is 10.0. The standard InChI is InChI=1S/C25H22F3N5O4S/c1-14(34)31-22-32-21-17(9-6-10-18(21)38-22)36-20-12-19(29-13-30-20)33(23(35)37-24(2,3)4)16-8-5-7-15(11-16)25(26,27)28/h5-13H,1-4H3,(H,31,32,34). The van der Waals surface area contributed by atoms with E-state index < -0.39 is 23.4 Å². The molecule has 2 aromatic carbocycles. The molecule has 0 radical (unpaired) electrons. The lowest BCUT2D eigenvalue weighted by atomic mass is 10.1. The Balaban J connectivity index is 1.73. The maximum atomic E-state index is 13.4. The first kappa shape index (κ1) is 26.8. The molecule has 4 rings (SSSR count). The Morgan fingerprint density at radius 2 is 1.76 bits per heavy atom. The Labute approximate surface area is 219 Å². The number of benzene rings is 2. The molecule has 0 aliphatic rings. The maximum absolute atomic E-state index is 13.4.